The van der Waals surface area contributed by atoms with Gasteiger partial charge in [0, 0.05) is 12.5 Å². The maximum atomic E-state index is 11.8. The minimum absolute atomic E-state index is 0.183. The summed E-state index contributed by atoms with van der Waals surface area (Å²) in [6, 6.07) is 9.29. The monoisotopic (exact) mass is 290 g/mol. The molecular formula is C16H18O5. The zero-order valence-corrected chi connectivity index (χ0v) is 11.8. The lowest BCUT2D eigenvalue weighted by molar-refractivity contribution is -0.147. The number of rotatable bonds is 5. The second-order valence-electron chi connectivity index (χ2n) is 4.95. The first-order chi connectivity index (χ1) is 10.1. The summed E-state index contributed by atoms with van der Waals surface area (Å²) < 4.78 is 10.3. The number of esters is 1. The van der Waals surface area contributed by atoms with Crippen molar-refractivity contribution < 1.29 is 24.2 Å². The van der Waals surface area contributed by atoms with E-state index < -0.39 is 11.9 Å². The summed E-state index contributed by atoms with van der Waals surface area (Å²) in [4.78, 5) is 23.3. The van der Waals surface area contributed by atoms with E-state index in [2.05, 4.69) is 0 Å². The molecule has 5 nitrogen and oxygen atoms in total. The SMILES string of the molecule is COC(=O)C1C(O)=CC(=O)CC1CCOc1ccccc1. The van der Waals surface area contributed by atoms with Crippen LogP contribution in [-0.4, -0.2) is 30.6 Å². The van der Waals surface area contributed by atoms with Crippen LogP contribution < -0.4 is 4.74 Å². The van der Waals surface area contributed by atoms with E-state index in [1.54, 1.807) is 0 Å². The summed E-state index contributed by atoms with van der Waals surface area (Å²) in [6.45, 7) is 0.364. The van der Waals surface area contributed by atoms with Crippen molar-refractivity contribution in [1.29, 1.82) is 0 Å². The molecule has 5 heteroatoms. The molecule has 0 aromatic heterocycles. The maximum Gasteiger partial charge on any atom is 0.316 e. The van der Waals surface area contributed by atoms with E-state index in [1.165, 1.54) is 7.11 Å². The van der Waals surface area contributed by atoms with Crippen LogP contribution in [0.4, 0.5) is 0 Å². The number of ether oxygens (including phenoxy) is 2. The smallest absolute Gasteiger partial charge is 0.316 e. The van der Waals surface area contributed by atoms with Crippen molar-refractivity contribution in [2.24, 2.45) is 11.8 Å². The highest BCUT2D eigenvalue weighted by atomic mass is 16.5. The minimum atomic E-state index is -0.785. The summed E-state index contributed by atoms with van der Waals surface area (Å²) in [7, 11) is 1.27. The number of aliphatic hydroxyl groups is 1. The van der Waals surface area contributed by atoms with Crippen molar-refractivity contribution in [1.82, 2.24) is 0 Å². The standard InChI is InChI=1S/C16H18O5/c1-20-16(19)15-11(9-12(17)10-14(15)18)7-8-21-13-5-3-2-4-6-13/h2-6,10-11,15,18H,7-9H2,1H3. The summed E-state index contributed by atoms with van der Waals surface area (Å²) in [5.74, 6) is -1.29. The van der Waals surface area contributed by atoms with Crippen molar-refractivity contribution in [3.8, 4) is 5.75 Å². The van der Waals surface area contributed by atoms with Crippen LogP contribution in [0.1, 0.15) is 12.8 Å². The minimum Gasteiger partial charge on any atom is -0.511 e. The molecule has 1 aliphatic carbocycles. The maximum absolute atomic E-state index is 11.8. The Balaban J connectivity index is 1.98. The molecule has 0 spiro atoms. The molecule has 2 rings (SSSR count). The lowest BCUT2D eigenvalue weighted by atomic mass is 9.80. The summed E-state index contributed by atoms with van der Waals surface area (Å²) in [6.07, 6.45) is 1.80. The molecule has 1 aliphatic rings. The summed E-state index contributed by atoms with van der Waals surface area (Å²) in [5, 5.41) is 9.83. The molecule has 2 unspecified atom stereocenters. The van der Waals surface area contributed by atoms with E-state index in [9.17, 15) is 14.7 Å². The van der Waals surface area contributed by atoms with Crippen LogP contribution in [-0.2, 0) is 14.3 Å². The number of hydrogen-bond acceptors (Lipinski definition) is 5. The Bertz CT molecular complexity index is 535. The van der Waals surface area contributed by atoms with Gasteiger partial charge in [-0.2, -0.15) is 0 Å². The Morgan fingerprint density at radius 3 is 2.71 bits per heavy atom. The van der Waals surface area contributed by atoms with Gasteiger partial charge < -0.3 is 14.6 Å². The predicted molar refractivity (Wildman–Crippen MR) is 75.9 cm³/mol. The number of ketones is 1. The van der Waals surface area contributed by atoms with Crippen LogP contribution in [0, 0.1) is 11.8 Å². The van der Waals surface area contributed by atoms with Gasteiger partial charge in [-0.15, -0.1) is 0 Å². The first kappa shape index (κ1) is 15.1. The van der Waals surface area contributed by atoms with E-state index >= 15 is 0 Å². The van der Waals surface area contributed by atoms with E-state index in [-0.39, 0.29) is 23.9 Å². The lowest BCUT2D eigenvalue weighted by Gasteiger charge is -2.27. The van der Waals surface area contributed by atoms with Gasteiger partial charge in [-0.25, -0.2) is 0 Å². The number of hydrogen-bond donors (Lipinski definition) is 1. The van der Waals surface area contributed by atoms with Crippen LogP contribution in [0.5, 0.6) is 5.75 Å². The van der Waals surface area contributed by atoms with Crippen molar-refractivity contribution in [3.05, 3.63) is 42.2 Å². The molecule has 1 aromatic carbocycles. The van der Waals surface area contributed by atoms with E-state index in [1.807, 2.05) is 30.3 Å². The van der Waals surface area contributed by atoms with Gasteiger partial charge in [0.25, 0.3) is 0 Å². The van der Waals surface area contributed by atoms with Gasteiger partial charge >= 0.3 is 5.97 Å². The molecule has 21 heavy (non-hydrogen) atoms. The van der Waals surface area contributed by atoms with Crippen LogP contribution in [0.2, 0.25) is 0 Å². The van der Waals surface area contributed by atoms with Crippen molar-refractivity contribution in [3.63, 3.8) is 0 Å². The number of aliphatic hydroxyl groups excluding tert-OH is 1. The molecule has 0 fully saturated rings. The highest BCUT2D eigenvalue weighted by Crippen LogP contribution is 2.31. The quantitative estimate of drug-likeness (QED) is 0.842. The van der Waals surface area contributed by atoms with Crippen molar-refractivity contribution in [2.75, 3.05) is 13.7 Å². The van der Waals surface area contributed by atoms with Gasteiger partial charge in [0.1, 0.15) is 17.4 Å². The summed E-state index contributed by atoms with van der Waals surface area (Å²) >= 11 is 0. The van der Waals surface area contributed by atoms with Crippen molar-refractivity contribution >= 4 is 11.8 Å². The topological polar surface area (TPSA) is 72.8 Å². The number of para-hydroxylation sites is 1. The molecule has 0 saturated carbocycles. The van der Waals surface area contributed by atoms with Crippen molar-refractivity contribution in [2.45, 2.75) is 12.8 Å². The number of carbonyl (C=O) groups is 2. The molecule has 0 amide bonds. The Labute approximate surface area is 123 Å². The Morgan fingerprint density at radius 1 is 1.33 bits per heavy atom. The van der Waals surface area contributed by atoms with Gasteiger partial charge in [-0.05, 0) is 24.5 Å². The van der Waals surface area contributed by atoms with E-state index in [0.29, 0.717) is 13.0 Å². The molecule has 112 valence electrons. The molecule has 2 atom stereocenters. The molecule has 0 bridgehead atoms. The van der Waals surface area contributed by atoms with Gasteiger partial charge in [-0.1, -0.05) is 18.2 Å². The van der Waals surface area contributed by atoms with Crippen LogP contribution >= 0.6 is 0 Å². The average molecular weight is 290 g/mol. The third-order valence-electron chi connectivity index (χ3n) is 3.52. The molecule has 1 N–H and O–H groups in total. The van der Waals surface area contributed by atoms with E-state index in [0.717, 1.165) is 11.8 Å². The highest BCUT2D eigenvalue weighted by molar-refractivity contribution is 5.93. The second-order valence-corrected chi connectivity index (χ2v) is 4.95. The number of benzene rings is 1. The van der Waals surface area contributed by atoms with Gasteiger partial charge in [-0.3, -0.25) is 9.59 Å². The normalized spacial score (nSPS) is 21.6. The number of carbonyl (C=O) groups excluding carboxylic acids is 2. The Morgan fingerprint density at radius 2 is 2.05 bits per heavy atom. The second kappa shape index (κ2) is 6.92. The fourth-order valence-electron chi connectivity index (χ4n) is 2.49. The van der Waals surface area contributed by atoms with Crippen LogP contribution in [0.25, 0.3) is 0 Å². The predicted octanol–water partition coefficient (Wildman–Crippen LogP) is 2.28. The third-order valence-corrected chi connectivity index (χ3v) is 3.52. The van der Waals surface area contributed by atoms with Gasteiger partial charge in [0.2, 0.25) is 0 Å². The van der Waals surface area contributed by atoms with Crippen LogP contribution in [0.3, 0.4) is 0 Å². The molecular weight excluding hydrogens is 272 g/mol. The fourth-order valence-corrected chi connectivity index (χ4v) is 2.49. The fraction of sp³-hybridized carbons (Fsp3) is 0.375. The zero-order valence-electron chi connectivity index (χ0n) is 11.8. The largest absolute Gasteiger partial charge is 0.511 e. The molecule has 0 radical (unpaired) electrons. The lowest BCUT2D eigenvalue weighted by Crippen LogP contribution is -2.33. The third kappa shape index (κ3) is 3.84. The zero-order chi connectivity index (χ0) is 15.2. The highest BCUT2D eigenvalue weighted by Gasteiger charge is 2.37. The van der Waals surface area contributed by atoms with Gasteiger partial charge in [0.15, 0.2) is 5.78 Å². The Kier molecular flexibility index (Phi) is 4.98. The van der Waals surface area contributed by atoms with Gasteiger partial charge in [0.05, 0.1) is 13.7 Å². The number of allylic oxidation sites excluding steroid dienone is 1. The average Bonchev–Trinajstić information content (AvgIpc) is 2.47. The van der Waals surface area contributed by atoms with Crippen LogP contribution in [0.15, 0.2) is 42.2 Å². The molecule has 0 aliphatic heterocycles. The Hall–Kier alpha value is -2.30. The first-order valence-electron chi connectivity index (χ1n) is 6.81. The molecule has 0 heterocycles. The summed E-state index contributed by atoms with van der Waals surface area (Å²) in [5.41, 5.74) is 0. The number of methoxy groups -OCH3 is 1. The molecule has 0 saturated heterocycles. The van der Waals surface area contributed by atoms with E-state index in [4.69, 9.17) is 9.47 Å². The first-order valence-corrected chi connectivity index (χ1v) is 6.81. The molecule has 1 aromatic rings.